The van der Waals surface area contributed by atoms with E-state index in [9.17, 15) is 13.6 Å². The van der Waals surface area contributed by atoms with Crippen molar-refractivity contribution in [1.82, 2.24) is 10.3 Å². The summed E-state index contributed by atoms with van der Waals surface area (Å²) in [5.74, 6) is -1.07. The van der Waals surface area contributed by atoms with Gasteiger partial charge < -0.3 is 10.1 Å². The zero-order chi connectivity index (χ0) is 25.1. The van der Waals surface area contributed by atoms with E-state index in [1.807, 2.05) is 52.0 Å². The van der Waals surface area contributed by atoms with Crippen LogP contribution >= 0.6 is 0 Å². The van der Waals surface area contributed by atoms with Crippen molar-refractivity contribution >= 4 is 11.5 Å². The number of ether oxygens (including phenoxy) is 1. The molecule has 0 fully saturated rings. The van der Waals surface area contributed by atoms with Crippen LogP contribution in [0.25, 0.3) is 5.57 Å². The molecule has 0 aliphatic heterocycles. The Labute approximate surface area is 200 Å². The van der Waals surface area contributed by atoms with Crippen LogP contribution in [0, 0.1) is 18.6 Å². The van der Waals surface area contributed by atoms with Crippen LogP contribution in [0.3, 0.4) is 0 Å². The number of nitrogens with zero attached hydrogens (tertiary/aromatic N) is 1. The Kier molecular flexibility index (Phi) is 10.1. The number of benzene rings is 2. The fourth-order valence-corrected chi connectivity index (χ4v) is 3.17. The molecule has 0 bridgehead atoms. The summed E-state index contributed by atoms with van der Waals surface area (Å²) in [5, 5.41) is 2.73. The van der Waals surface area contributed by atoms with E-state index in [2.05, 4.69) is 10.3 Å². The van der Waals surface area contributed by atoms with Crippen molar-refractivity contribution in [3.63, 3.8) is 0 Å². The second-order valence-electron chi connectivity index (χ2n) is 7.08. The van der Waals surface area contributed by atoms with Crippen LogP contribution in [0.15, 0.2) is 73.0 Å². The summed E-state index contributed by atoms with van der Waals surface area (Å²) in [7, 11) is 0. The van der Waals surface area contributed by atoms with E-state index in [-0.39, 0.29) is 12.5 Å². The third kappa shape index (κ3) is 6.85. The minimum atomic E-state index is -0.949. The number of nitrogens with one attached hydrogen (secondary N) is 1. The second kappa shape index (κ2) is 13.0. The Bertz CT molecular complexity index is 1190. The highest BCUT2D eigenvalue weighted by Gasteiger charge is 2.14. The van der Waals surface area contributed by atoms with Crippen LogP contribution in [0.4, 0.5) is 8.78 Å². The fraction of sp³-hybridized carbons (Fsp3) is 0.214. The van der Waals surface area contributed by atoms with Crippen molar-refractivity contribution in [3.8, 4) is 11.5 Å². The average Bonchev–Trinajstić information content (AvgIpc) is 2.85. The van der Waals surface area contributed by atoms with E-state index in [4.69, 9.17) is 4.74 Å². The predicted molar refractivity (Wildman–Crippen MR) is 133 cm³/mol. The number of hydrogen-bond acceptors (Lipinski definition) is 3. The first-order valence-corrected chi connectivity index (χ1v) is 11.2. The first-order chi connectivity index (χ1) is 16.4. The molecule has 1 heterocycles. The van der Waals surface area contributed by atoms with Gasteiger partial charge in [-0.15, -0.1) is 0 Å². The van der Waals surface area contributed by atoms with E-state index in [1.54, 1.807) is 37.4 Å². The Morgan fingerprint density at radius 2 is 1.82 bits per heavy atom. The minimum absolute atomic E-state index is 0.0748. The molecule has 6 heteroatoms. The Morgan fingerprint density at radius 1 is 1.06 bits per heavy atom. The third-order valence-corrected chi connectivity index (χ3v) is 4.88. The van der Waals surface area contributed by atoms with Gasteiger partial charge in [-0.1, -0.05) is 44.2 Å². The van der Waals surface area contributed by atoms with Gasteiger partial charge in [0.15, 0.2) is 11.6 Å². The van der Waals surface area contributed by atoms with Crippen LogP contribution in [0.1, 0.15) is 54.9 Å². The summed E-state index contributed by atoms with van der Waals surface area (Å²) in [6, 6.07) is 12.3. The molecule has 3 aromatic rings. The summed E-state index contributed by atoms with van der Waals surface area (Å²) in [6.07, 6.45) is 7.55. The number of hydrogen-bond donors (Lipinski definition) is 1. The molecule has 0 saturated heterocycles. The lowest BCUT2D eigenvalue weighted by molar-refractivity contribution is 0.0950. The molecule has 1 aromatic heterocycles. The lowest BCUT2D eigenvalue weighted by atomic mass is 10.1. The first-order valence-electron chi connectivity index (χ1n) is 11.2. The number of carbonyl (C=O) groups is 1. The van der Waals surface area contributed by atoms with E-state index in [0.717, 1.165) is 23.4 Å². The van der Waals surface area contributed by atoms with Crippen LogP contribution in [0.2, 0.25) is 0 Å². The molecule has 1 amide bonds. The SMILES string of the molecule is C/C=C\C(=C/C)c1cc(Oc2cccc(C(=O)NCc3ccc(F)c(F)c3)c2C)ccn1.CC. The third-order valence-electron chi connectivity index (χ3n) is 4.88. The van der Waals surface area contributed by atoms with Gasteiger partial charge in [0.1, 0.15) is 11.5 Å². The maximum Gasteiger partial charge on any atom is 0.251 e. The fourth-order valence-electron chi connectivity index (χ4n) is 3.17. The van der Waals surface area contributed by atoms with Crippen molar-refractivity contribution in [1.29, 1.82) is 0 Å². The maximum absolute atomic E-state index is 13.4. The van der Waals surface area contributed by atoms with Crippen molar-refractivity contribution in [2.75, 3.05) is 0 Å². The molecule has 34 heavy (non-hydrogen) atoms. The summed E-state index contributed by atoms with van der Waals surface area (Å²) in [6.45, 7) is 9.75. The number of pyridine rings is 1. The standard InChI is InChI=1S/C26H24F2N2O2.C2H6/c1-4-7-19(5-2)24-15-20(12-13-29-24)32-25-9-6-8-21(17(25)3)26(31)30-16-18-10-11-22(27)23(28)14-18;1-2/h4-15H,16H2,1-3H3,(H,30,31);1-2H3/b7-4-,19-5+;. The lowest BCUT2D eigenvalue weighted by Crippen LogP contribution is -2.23. The number of halogens is 2. The summed E-state index contributed by atoms with van der Waals surface area (Å²) >= 11 is 0. The highest BCUT2D eigenvalue weighted by Crippen LogP contribution is 2.28. The van der Waals surface area contributed by atoms with E-state index in [0.29, 0.717) is 28.2 Å². The topological polar surface area (TPSA) is 51.2 Å². The first kappa shape index (κ1) is 26.5. The van der Waals surface area contributed by atoms with Gasteiger partial charge in [0.05, 0.1) is 5.69 Å². The number of allylic oxidation sites excluding steroid dienone is 4. The van der Waals surface area contributed by atoms with Crippen molar-refractivity contribution < 1.29 is 18.3 Å². The van der Waals surface area contributed by atoms with Crippen molar-refractivity contribution in [2.24, 2.45) is 0 Å². The number of amides is 1. The van der Waals surface area contributed by atoms with Crippen LogP contribution in [-0.2, 0) is 6.54 Å². The van der Waals surface area contributed by atoms with Gasteiger partial charge in [-0.2, -0.15) is 0 Å². The molecule has 1 N–H and O–H groups in total. The maximum atomic E-state index is 13.4. The van der Waals surface area contributed by atoms with Crippen LogP contribution < -0.4 is 10.1 Å². The molecule has 2 aromatic carbocycles. The normalized spacial score (nSPS) is 11.1. The smallest absolute Gasteiger partial charge is 0.251 e. The molecule has 0 unspecified atom stereocenters. The van der Waals surface area contributed by atoms with Crippen LogP contribution in [0.5, 0.6) is 11.5 Å². The Morgan fingerprint density at radius 3 is 2.50 bits per heavy atom. The highest BCUT2D eigenvalue weighted by atomic mass is 19.2. The van der Waals surface area contributed by atoms with Gasteiger partial charge in [-0.3, -0.25) is 9.78 Å². The molecular formula is C28H30F2N2O2. The van der Waals surface area contributed by atoms with E-state index in [1.165, 1.54) is 6.07 Å². The summed E-state index contributed by atoms with van der Waals surface area (Å²) < 4.78 is 32.5. The van der Waals surface area contributed by atoms with E-state index >= 15 is 0 Å². The number of rotatable bonds is 7. The molecule has 0 aliphatic rings. The second-order valence-corrected chi connectivity index (χ2v) is 7.08. The van der Waals surface area contributed by atoms with Gasteiger partial charge in [0.2, 0.25) is 0 Å². The van der Waals surface area contributed by atoms with Crippen LogP contribution in [-0.4, -0.2) is 10.9 Å². The number of carbonyl (C=O) groups excluding carboxylic acids is 1. The zero-order valence-electron chi connectivity index (χ0n) is 20.2. The van der Waals surface area contributed by atoms with Gasteiger partial charge in [0, 0.05) is 29.9 Å². The Hall–Kier alpha value is -3.80. The summed E-state index contributed by atoms with van der Waals surface area (Å²) in [4.78, 5) is 17.1. The summed E-state index contributed by atoms with van der Waals surface area (Å²) in [5.41, 5.74) is 3.31. The van der Waals surface area contributed by atoms with Gasteiger partial charge in [-0.05, 0) is 62.2 Å². The molecule has 0 atom stereocenters. The lowest BCUT2D eigenvalue weighted by Gasteiger charge is -2.13. The molecule has 0 spiro atoms. The van der Waals surface area contributed by atoms with Crippen molar-refractivity contribution in [3.05, 3.63) is 107 Å². The molecular weight excluding hydrogens is 434 g/mol. The Balaban J connectivity index is 0.00000199. The van der Waals surface area contributed by atoms with Gasteiger partial charge >= 0.3 is 0 Å². The molecule has 4 nitrogen and oxygen atoms in total. The zero-order valence-corrected chi connectivity index (χ0v) is 20.2. The average molecular weight is 465 g/mol. The minimum Gasteiger partial charge on any atom is -0.457 e. The molecule has 178 valence electrons. The molecule has 0 aliphatic carbocycles. The monoisotopic (exact) mass is 464 g/mol. The molecule has 0 saturated carbocycles. The quantitative estimate of drug-likeness (QED) is 0.371. The van der Waals surface area contributed by atoms with Gasteiger partial charge in [-0.25, -0.2) is 8.78 Å². The predicted octanol–water partition coefficient (Wildman–Crippen LogP) is 7.40. The molecule has 3 rings (SSSR count). The highest BCUT2D eigenvalue weighted by molar-refractivity contribution is 5.96. The van der Waals surface area contributed by atoms with Crippen molar-refractivity contribution in [2.45, 2.75) is 41.2 Å². The molecule has 0 radical (unpaired) electrons. The van der Waals surface area contributed by atoms with Gasteiger partial charge in [0.25, 0.3) is 5.91 Å². The number of aromatic nitrogens is 1. The largest absolute Gasteiger partial charge is 0.457 e. The van der Waals surface area contributed by atoms with E-state index < -0.39 is 11.6 Å².